The summed E-state index contributed by atoms with van der Waals surface area (Å²) in [5, 5.41) is 7.37. The van der Waals surface area contributed by atoms with E-state index in [1.165, 1.54) is 11.3 Å². The van der Waals surface area contributed by atoms with Crippen molar-refractivity contribution in [3.05, 3.63) is 71.4 Å². The summed E-state index contributed by atoms with van der Waals surface area (Å²) in [4.78, 5) is 11.2. The molecule has 5 nitrogen and oxygen atoms in total. The van der Waals surface area contributed by atoms with Gasteiger partial charge in [0.25, 0.3) is 0 Å². The zero-order valence-corrected chi connectivity index (χ0v) is 17.1. The largest absolute Gasteiger partial charge is 0.372 e. The minimum Gasteiger partial charge on any atom is -0.372 e. The summed E-state index contributed by atoms with van der Waals surface area (Å²) < 4.78 is 0. The number of aromatic nitrogens is 2. The summed E-state index contributed by atoms with van der Waals surface area (Å²) in [5.41, 5.74) is 3.42. The first-order chi connectivity index (χ1) is 13.7. The fourth-order valence-corrected chi connectivity index (χ4v) is 3.10. The number of nitrogens with zero attached hydrogens (tertiary/aromatic N) is 3. The molecule has 6 heteroatoms. The molecule has 0 amide bonds. The van der Waals surface area contributed by atoms with Gasteiger partial charge in [-0.05, 0) is 68.3 Å². The van der Waals surface area contributed by atoms with Crippen molar-refractivity contribution >= 4 is 34.7 Å². The van der Waals surface area contributed by atoms with E-state index >= 15 is 0 Å². The maximum Gasteiger partial charge on any atom is 0.229 e. The van der Waals surface area contributed by atoms with Crippen LogP contribution in [0.1, 0.15) is 19.4 Å². The molecule has 2 aromatic carbocycles. The second-order valence-corrected chi connectivity index (χ2v) is 6.85. The van der Waals surface area contributed by atoms with Gasteiger partial charge in [0.1, 0.15) is 5.82 Å². The van der Waals surface area contributed by atoms with E-state index in [-0.39, 0.29) is 0 Å². The first kappa shape index (κ1) is 20.0. The highest BCUT2D eigenvalue weighted by molar-refractivity contribution is 6.30. The molecule has 2 N–H and O–H groups in total. The van der Waals surface area contributed by atoms with Gasteiger partial charge < -0.3 is 15.5 Å². The Labute approximate surface area is 171 Å². The van der Waals surface area contributed by atoms with Crippen LogP contribution >= 0.6 is 11.6 Å². The topological polar surface area (TPSA) is 53.1 Å². The molecular weight excluding hydrogens is 370 g/mol. The van der Waals surface area contributed by atoms with Gasteiger partial charge >= 0.3 is 0 Å². The standard InChI is InChI=1S/C22H26ClN5/c1-3-28(4-2)20-11-9-19(10-12-20)26-22-25-16-14-21(27-22)24-15-13-17-5-7-18(23)8-6-17/h5-12,14,16H,3-4,13,15H2,1-2H3,(H2,24,25,26,27). The van der Waals surface area contributed by atoms with Crippen molar-refractivity contribution in [1.29, 1.82) is 0 Å². The van der Waals surface area contributed by atoms with E-state index in [0.717, 1.165) is 42.6 Å². The second-order valence-electron chi connectivity index (χ2n) is 6.41. The molecule has 0 spiro atoms. The molecular formula is C22H26ClN5. The van der Waals surface area contributed by atoms with Crippen LogP contribution in [0.15, 0.2) is 60.8 Å². The number of nitrogens with one attached hydrogen (secondary N) is 2. The van der Waals surface area contributed by atoms with Crippen LogP contribution in [0, 0.1) is 0 Å². The average molecular weight is 396 g/mol. The van der Waals surface area contributed by atoms with Gasteiger partial charge in [-0.15, -0.1) is 0 Å². The average Bonchev–Trinajstić information content (AvgIpc) is 2.72. The fraction of sp³-hybridized carbons (Fsp3) is 0.273. The Balaban J connectivity index is 1.56. The summed E-state index contributed by atoms with van der Waals surface area (Å²) in [6, 6.07) is 18.1. The second kappa shape index (κ2) is 9.95. The minimum absolute atomic E-state index is 0.576. The third kappa shape index (κ3) is 5.60. The van der Waals surface area contributed by atoms with Crippen molar-refractivity contribution in [2.75, 3.05) is 35.2 Å². The zero-order valence-electron chi connectivity index (χ0n) is 16.3. The molecule has 1 aromatic heterocycles. The van der Waals surface area contributed by atoms with E-state index in [1.54, 1.807) is 6.20 Å². The summed E-state index contributed by atoms with van der Waals surface area (Å²) in [6.45, 7) is 7.10. The highest BCUT2D eigenvalue weighted by atomic mass is 35.5. The monoisotopic (exact) mass is 395 g/mol. The smallest absolute Gasteiger partial charge is 0.229 e. The quantitative estimate of drug-likeness (QED) is 0.509. The summed E-state index contributed by atoms with van der Waals surface area (Å²) in [5.74, 6) is 1.37. The molecule has 0 radical (unpaired) electrons. The number of rotatable bonds is 9. The molecule has 0 atom stereocenters. The van der Waals surface area contributed by atoms with Crippen molar-refractivity contribution < 1.29 is 0 Å². The molecule has 0 aliphatic heterocycles. The fourth-order valence-electron chi connectivity index (χ4n) is 2.98. The van der Waals surface area contributed by atoms with E-state index in [9.17, 15) is 0 Å². The van der Waals surface area contributed by atoms with E-state index in [4.69, 9.17) is 11.6 Å². The highest BCUT2D eigenvalue weighted by Crippen LogP contribution is 2.20. The first-order valence-corrected chi connectivity index (χ1v) is 9.99. The van der Waals surface area contributed by atoms with Gasteiger partial charge in [-0.1, -0.05) is 23.7 Å². The number of benzene rings is 2. The normalized spacial score (nSPS) is 10.5. The lowest BCUT2D eigenvalue weighted by Crippen LogP contribution is -2.21. The molecule has 0 unspecified atom stereocenters. The van der Waals surface area contributed by atoms with Crippen LogP contribution < -0.4 is 15.5 Å². The third-order valence-corrected chi connectivity index (χ3v) is 4.79. The molecule has 3 rings (SSSR count). The Bertz CT molecular complexity index is 861. The van der Waals surface area contributed by atoms with Gasteiger partial charge in [-0.3, -0.25) is 0 Å². The highest BCUT2D eigenvalue weighted by Gasteiger charge is 2.04. The Morgan fingerprint density at radius 3 is 2.32 bits per heavy atom. The van der Waals surface area contributed by atoms with Crippen LogP contribution in [0.2, 0.25) is 5.02 Å². The molecule has 3 aromatic rings. The van der Waals surface area contributed by atoms with E-state index < -0.39 is 0 Å². The maximum atomic E-state index is 5.92. The lowest BCUT2D eigenvalue weighted by molar-refractivity contribution is 0.866. The molecule has 0 saturated heterocycles. The Hall–Kier alpha value is -2.79. The first-order valence-electron chi connectivity index (χ1n) is 9.61. The molecule has 1 heterocycles. The van der Waals surface area contributed by atoms with Crippen molar-refractivity contribution in [3.8, 4) is 0 Å². The molecule has 0 aliphatic carbocycles. The van der Waals surface area contributed by atoms with Gasteiger partial charge in [0, 0.05) is 42.2 Å². The number of halogens is 1. The van der Waals surface area contributed by atoms with E-state index in [2.05, 4.69) is 63.6 Å². The maximum absolute atomic E-state index is 5.92. The predicted octanol–water partition coefficient (Wildman–Crippen LogP) is 5.37. The summed E-state index contributed by atoms with van der Waals surface area (Å²) >= 11 is 5.92. The van der Waals surface area contributed by atoms with Gasteiger partial charge in [-0.25, -0.2) is 4.98 Å². The minimum atomic E-state index is 0.576. The van der Waals surface area contributed by atoms with E-state index in [0.29, 0.717) is 5.95 Å². The summed E-state index contributed by atoms with van der Waals surface area (Å²) in [7, 11) is 0. The number of hydrogen-bond acceptors (Lipinski definition) is 5. The molecule has 0 aliphatic rings. The van der Waals surface area contributed by atoms with E-state index in [1.807, 2.05) is 30.3 Å². The van der Waals surface area contributed by atoms with Gasteiger partial charge in [0.15, 0.2) is 0 Å². The van der Waals surface area contributed by atoms with Crippen LogP contribution in [0.5, 0.6) is 0 Å². The van der Waals surface area contributed by atoms with Crippen molar-refractivity contribution in [2.24, 2.45) is 0 Å². The Morgan fingerprint density at radius 2 is 1.64 bits per heavy atom. The number of anilines is 4. The van der Waals surface area contributed by atoms with Crippen LogP contribution in [-0.2, 0) is 6.42 Å². The van der Waals surface area contributed by atoms with Crippen LogP contribution in [0.4, 0.5) is 23.1 Å². The number of hydrogen-bond donors (Lipinski definition) is 2. The molecule has 146 valence electrons. The Morgan fingerprint density at radius 1 is 0.929 bits per heavy atom. The van der Waals surface area contributed by atoms with Crippen molar-refractivity contribution in [1.82, 2.24) is 9.97 Å². The summed E-state index contributed by atoms with van der Waals surface area (Å²) in [6.07, 6.45) is 2.65. The van der Waals surface area contributed by atoms with Gasteiger partial charge in [0.2, 0.25) is 5.95 Å². The Kier molecular flexibility index (Phi) is 7.09. The van der Waals surface area contributed by atoms with Crippen LogP contribution in [-0.4, -0.2) is 29.6 Å². The molecule has 0 saturated carbocycles. The molecule has 0 bridgehead atoms. The van der Waals surface area contributed by atoms with Crippen molar-refractivity contribution in [2.45, 2.75) is 20.3 Å². The molecule has 0 fully saturated rings. The van der Waals surface area contributed by atoms with Crippen LogP contribution in [0.3, 0.4) is 0 Å². The van der Waals surface area contributed by atoms with Crippen molar-refractivity contribution in [3.63, 3.8) is 0 Å². The molecule has 28 heavy (non-hydrogen) atoms. The van der Waals surface area contributed by atoms with Crippen LogP contribution in [0.25, 0.3) is 0 Å². The lowest BCUT2D eigenvalue weighted by atomic mass is 10.1. The zero-order chi connectivity index (χ0) is 19.8. The lowest BCUT2D eigenvalue weighted by Gasteiger charge is -2.21. The van der Waals surface area contributed by atoms with Gasteiger partial charge in [0.05, 0.1) is 0 Å². The SMILES string of the molecule is CCN(CC)c1ccc(Nc2nccc(NCCc3ccc(Cl)cc3)n2)cc1. The van der Waals surface area contributed by atoms with Gasteiger partial charge in [-0.2, -0.15) is 4.98 Å². The third-order valence-electron chi connectivity index (χ3n) is 4.54. The predicted molar refractivity (Wildman–Crippen MR) is 119 cm³/mol.